The maximum atomic E-state index is 11.9. The predicted octanol–water partition coefficient (Wildman–Crippen LogP) is 1.31. The zero-order valence-corrected chi connectivity index (χ0v) is 14.5. The number of carbonyl (C=O) groups is 1. The van der Waals surface area contributed by atoms with Crippen LogP contribution in [0.5, 0.6) is 5.75 Å². The number of nitrogens with zero attached hydrogens (tertiary/aromatic N) is 1. The lowest BCUT2D eigenvalue weighted by Crippen LogP contribution is -2.43. The van der Waals surface area contributed by atoms with Gasteiger partial charge in [-0.15, -0.1) is 0 Å². The third-order valence-electron chi connectivity index (χ3n) is 3.53. The van der Waals surface area contributed by atoms with Crippen LogP contribution in [-0.2, 0) is 17.8 Å². The fraction of sp³-hybridized carbons (Fsp3) is 0.333. The van der Waals surface area contributed by atoms with Gasteiger partial charge in [0.1, 0.15) is 11.5 Å². The molecule has 1 amide bonds. The summed E-state index contributed by atoms with van der Waals surface area (Å²) in [5.74, 6) is 2.16. The molecule has 1 heterocycles. The third kappa shape index (κ3) is 6.58. The number of nitrogens with one attached hydrogen (secondary N) is 3. The summed E-state index contributed by atoms with van der Waals surface area (Å²) in [6, 6.07) is 11.3. The van der Waals surface area contributed by atoms with Crippen molar-refractivity contribution in [2.24, 2.45) is 4.99 Å². The van der Waals surface area contributed by atoms with Crippen molar-refractivity contribution in [2.75, 3.05) is 27.2 Å². The van der Waals surface area contributed by atoms with Crippen LogP contribution in [0.2, 0.25) is 0 Å². The molecule has 7 nitrogen and oxygen atoms in total. The second kappa shape index (κ2) is 10.0. The molecular weight excluding hydrogens is 320 g/mol. The van der Waals surface area contributed by atoms with E-state index in [4.69, 9.17) is 9.15 Å². The summed E-state index contributed by atoms with van der Waals surface area (Å²) >= 11 is 0. The lowest BCUT2D eigenvalue weighted by molar-refractivity contribution is -0.120. The van der Waals surface area contributed by atoms with Crippen molar-refractivity contribution in [3.8, 4) is 5.75 Å². The Bertz CT molecular complexity index is 666. The average molecular weight is 344 g/mol. The molecule has 0 aliphatic carbocycles. The van der Waals surface area contributed by atoms with Crippen LogP contribution in [0.15, 0.2) is 52.1 Å². The Labute approximate surface area is 147 Å². The minimum absolute atomic E-state index is 0.107. The molecule has 0 spiro atoms. The van der Waals surface area contributed by atoms with Gasteiger partial charge in [0.25, 0.3) is 0 Å². The molecule has 2 aromatic rings. The van der Waals surface area contributed by atoms with Crippen LogP contribution in [-0.4, -0.2) is 39.1 Å². The van der Waals surface area contributed by atoms with Gasteiger partial charge in [0, 0.05) is 26.6 Å². The van der Waals surface area contributed by atoms with Crippen molar-refractivity contribution in [1.82, 2.24) is 16.0 Å². The highest BCUT2D eigenvalue weighted by atomic mass is 16.5. The van der Waals surface area contributed by atoms with Crippen LogP contribution in [0, 0.1) is 0 Å². The van der Waals surface area contributed by atoms with Crippen LogP contribution in [0.3, 0.4) is 0 Å². The molecule has 3 N–H and O–H groups in total. The molecular formula is C18H24N4O3. The molecule has 25 heavy (non-hydrogen) atoms. The molecule has 1 aromatic carbocycles. The first-order valence-corrected chi connectivity index (χ1v) is 8.08. The molecule has 0 aliphatic heterocycles. The van der Waals surface area contributed by atoms with Crippen LogP contribution in [0.25, 0.3) is 0 Å². The van der Waals surface area contributed by atoms with Crippen molar-refractivity contribution in [1.29, 1.82) is 0 Å². The Morgan fingerprint density at radius 2 is 1.96 bits per heavy atom. The van der Waals surface area contributed by atoms with E-state index >= 15 is 0 Å². The first-order chi connectivity index (χ1) is 12.2. The lowest BCUT2D eigenvalue weighted by Gasteiger charge is -2.11. The van der Waals surface area contributed by atoms with Gasteiger partial charge < -0.3 is 25.1 Å². The Morgan fingerprint density at radius 1 is 1.16 bits per heavy atom. The summed E-state index contributed by atoms with van der Waals surface area (Å²) in [4.78, 5) is 16.0. The SMILES string of the molecule is CN=C(NCCc1ccco1)NCC(=O)NCc1ccc(OC)cc1. The molecule has 0 radical (unpaired) electrons. The van der Waals surface area contributed by atoms with E-state index in [1.807, 2.05) is 36.4 Å². The Hall–Kier alpha value is -2.96. The van der Waals surface area contributed by atoms with E-state index in [0.717, 1.165) is 23.5 Å². The fourth-order valence-corrected chi connectivity index (χ4v) is 2.15. The normalized spacial score (nSPS) is 11.0. The third-order valence-corrected chi connectivity index (χ3v) is 3.53. The minimum atomic E-state index is -0.107. The standard InChI is InChI=1S/C18H24N4O3/c1-19-18(20-10-9-16-4-3-11-25-16)22-13-17(23)21-12-14-5-7-15(24-2)8-6-14/h3-8,11H,9-10,12-13H2,1-2H3,(H,21,23)(H2,19,20,22). The van der Waals surface area contributed by atoms with E-state index in [-0.39, 0.29) is 12.5 Å². The number of benzene rings is 1. The summed E-state index contributed by atoms with van der Waals surface area (Å²) < 4.78 is 10.4. The van der Waals surface area contributed by atoms with Crippen LogP contribution in [0.4, 0.5) is 0 Å². The van der Waals surface area contributed by atoms with Gasteiger partial charge in [-0.3, -0.25) is 9.79 Å². The smallest absolute Gasteiger partial charge is 0.239 e. The number of carbonyl (C=O) groups excluding carboxylic acids is 1. The fourth-order valence-electron chi connectivity index (χ4n) is 2.15. The first kappa shape index (κ1) is 18.4. The largest absolute Gasteiger partial charge is 0.497 e. The van der Waals surface area contributed by atoms with E-state index in [1.165, 1.54) is 0 Å². The average Bonchev–Trinajstić information content (AvgIpc) is 3.16. The zero-order chi connectivity index (χ0) is 17.9. The maximum absolute atomic E-state index is 11.9. The molecule has 134 valence electrons. The highest BCUT2D eigenvalue weighted by Gasteiger charge is 2.04. The molecule has 0 saturated carbocycles. The summed E-state index contributed by atoms with van der Waals surface area (Å²) in [5, 5.41) is 8.97. The predicted molar refractivity (Wildman–Crippen MR) is 96.6 cm³/mol. The van der Waals surface area contributed by atoms with Gasteiger partial charge in [-0.1, -0.05) is 12.1 Å². The van der Waals surface area contributed by atoms with E-state index in [2.05, 4.69) is 20.9 Å². The van der Waals surface area contributed by atoms with Gasteiger partial charge in [0.2, 0.25) is 5.91 Å². The Balaban J connectivity index is 1.64. The number of rotatable bonds is 8. The second-order valence-electron chi connectivity index (χ2n) is 5.31. The highest BCUT2D eigenvalue weighted by Crippen LogP contribution is 2.10. The maximum Gasteiger partial charge on any atom is 0.239 e. The summed E-state index contributed by atoms with van der Waals surface area (Å²) in [6.45, 7) is 1.28. The number of hydrogen-bond acceptors (Lipinski definition) is 4. The zero-order valence-electron chi connectivity index (χ0n) is 14.5. The quantitative estimate of drug-likeness (QED) is 0.496. The highest BCUT2D eigenvalue weighted by molar-refractivity contribution is 5.86. The summed E-state index contributed by atoms with van der Waals surface area (Å²) in [6.07, 6.45) is 2.40. The van der Waals surface area contributed by atoms with Gasteiger partial charge in [0.15, 0.2) is 5.96 Å². The van der Waals surface area contributed by atoms with E-state index in [0.29, 0.717) is 19.0 Å². The molecule has 0 fully saturated rings. The monoisotopic (exact) mass is 344 g/mol. The first-order valence-electron chi connectivity index (χ1n) is 8.08. The van der Waals surface area contributed by atoms with Crippen LogP contribution < -0.4 is 20.7 Å². The van der Waals surface area contributed by atoms with Crippen molar-refractivity contribution in [3.05, 3.63) is 54.0 Å². The van der Waals surface area contributed by atoms with Crippen molar-refractivity contribution in [2.45, 2.75) is 13.0 Å². The summed E-state index contributed by atoms with van der Waals surface area (Å²) in [7, 11) is 3.29. The van der Waals surface area contributed by atoms with Gasteiger partial charge >= 0.3 is 0 Å². The van der Waals surface area contributed by atoms with E-state index in [1.54, 1.807) is 20.4 Å². The molecule has 0 unspecified atom stereocenters. The summed E-state index contributed by atoms with van der Waals surface area (Å²) in [5.41, 5.74) is 1.01. The number of aliphatic imine (C=N–C) groups is 1. The number of ether oxygens (including phenoxy) is 1. The number of methoxy groups -OCH3 is 1. The molecule has 2 rings (SSSR count). The van der Waals surface area contributed by atoms with Crippen molar-refractivity contribution in [3.63, 3.8) is 0 Å². The molecule has 0 aliphatic rings. The molecule has 7 heteroatoms. The minimum Gasteiger partial charge on any atom is -0.497 e. The van der Waals surface area contributed by atoms with E-state index < -0.39 is 0 Å². The topological polar surface area (TPSA) is 87.9 Å². The van der Waals surface area contributed by atoms with Crippen LogP contribution in [0.1, 0.15) is 11.3 Å². The molecule has 0 atom stereocenters. The van der Waals surface area contributed by atoms with E-state index in [9.17, 15) is 4.79 Å². The Kier molecular flexibility index (Phi) is 7.37. The van der Waals surface area contributed by atoms with Crippen molar-refractivity contribution < 1.29 is 13.9 Å². The molecule has 0 bridgehead atoms. The number of guanidine groups is 1. The number of amides is 1. The number of hydrogen-bond donors (Lipinski definition) is 3. The molecule has 0 saturated heterocycles. The Morgan fingerprint density at radius 3 is 2.60 bits per heavy atom. The van der Waals surface area contributed by atoms with Gasteiger partial charge in [-0.2, -0.15) is 0 Å². The van der Waals surface area contributed by atoms with Gasteiger partial charge in [-0.25, -0.2) is 0 Å². The van der Waals surface area contributed by atoms with Crippen molar-refractivity contribution >= 4 is 11.9 Å². The van der Waals surface area contributed by atoms with Gasteiger partial charge in [0.05, 0.1) is 19.9 Å². The van der Waals surface area contributed by atoms with Gasteiger partial charge in [-0.05, 0) is 29.8 Å². The molecule has 1 aromatic heterocycles. The second-order valence-corrected chi connectivity index (χ2v) is 5.31. The number of furan rings is 1. The van der Waals surface area contributed by atoms with Crippen LogP contribution >= 0.6 is 0 Å². The lowest BCUT2D eigenvalue weighted by atomic mass is 10.2.